The molecule has 2 heterocycles. The third kappa shape index (κ3) is 3.64. The van der Waals surface area contributed by atoms with Gasteiger partial charge in [-0.3, -0.25) is 4.79 Å². The molecule has 1 aromatic carbocycles. The molecule has 0 spiro atoms. The first-order valence-corrected chi connectivity index (χ1v) is 8.17. The van der Waals surface area contributed by atoms with Crippen LogP contribution in [0.4, 0.5) is 0 Å². The Morgan fingerprint density at radius 3 is 3.00 bits per heavy atom. The second-order valence-electron chi connectivity index (χ2n) is 4.98. The molecular weight excluding hydrogens is 284 g/mol. The van der Waals surface area contributed by atoms with Crippen molar-refractivity contribution in [1.29, 1.82) is 0 Å². The van der Waals surface area contributed by atoms with Crippen LogP contribution < -0.4 is 5.32 Å². The molecule has 0 aliphatic carbocycles. The molecule has 6 heteroatoms. The molecule has 0 fully saturated rings. The lowest BCUT2D eigenvalue weighted by molar-refractivity contribution is -0.120. The van der Waals surface area contributed by atoms with Crippen LogP contribution in [0.2, 0.25) is 0 Å². The maximum atomic E-state index is 11.8. The lowest BCUT2D eigenvalue weighted by atomic mass is 10.4. The highest BCUT2D eigenvalue weighted by Gasteiger charge is 2.17. The molecule has 3 rings (SSSR count). The second-order valence-corrected chi connectivity index (χ2v) is 6.14. The molecule has 0 bridgehead atoms. The number of thioether (sulfide) groups is 1. The van der Waals surface area contributed by atoms with Gasteiger partial charge in [-0.2, -0.15) is 0 Å². The summed E-state index contributed by atoms with van der Waals surface area (Å²) >= 11 is 1.70. The lowest BCUT2D eigenvalue weighted by Gasteiger charge is -2.06. The number of carbonyl (C=O) groups is 1. The maximum Gasteiger partial charge on any atom is 0.221 e. The Hall–Kier alpha value is -1.82. The average Bonchev–Trinajstić information content (AvgIpc) is 3.10. The van der Waals surface area contributed by atoms with Crippen molar-refractivity contribution in [3.63, 3.8) is 0 Å². The van der Waals surface area contributed by atoms with Crippen molar-refractivity contribution < 1.29 is 4.79 Å². The molecule has 1 aliphatic rings. The molecule has 1 aromatic heterocycles. The van der Waals surface area contributed by atoms with E-state index < -0.39 is 0 Å². The van der Waals surface area contributed by atoms with E-state index in [2.05, 4.69) is 32.2 Å². The molecule has 1 N–H and O–H groups in total. The molecule has 21 heavy (non-hydrogen) atoms. The number of rotatable bonds is 6. The Balaban J connectivity index is 1.40. The van der Waals surface area contributed by atoms with Gasteiger partial charge in [0.2, 0.25) is 5.91 Å². The number of amides is 1. The Bertz CT molecular complexity index is 611. The van der Waals surface area contributed by atoms with E-state index in [1.54, 1.807) is 11.8 Å². The highest BCUT2D eigenvalue weighted by Crippen LogP contribution is 2.17. The van der Waals surface area contributed by atoms with Gasteiger partial charge in [0.05, 0.1) is 6.54 Å². The molecule has 0 saturated heterocycles. The van der Waals surface area contributed by atoms with Gasteiger partial charge in [0.15, 0.2) is 5.82 Å². The van der Waals surface area contributed by atoms with Gasteiger partial charge < -0.3 is 9.88 Å². The number of hydrogen-bond acceptors (Lipinski definition) is 4. The normalized spacial score (nSPS) is 13.1. The third-order valence-electron chi connectivity index (χ3n) is 3.47. The smallest absolute Gasteiger partial charge is 0.221 e. The number of fused-ring (bicyclic) bond motifs is 1. The third-order valence-corrected chi connectivity index (χ3v) is 4.48. The van der Waals surface area contributed by atoms with Crippen molar-refractivity contribution in [2.75, 3.05) is 5.75 Å². The predicted molar refractivity (Wildman–Crippen MR) is 82.0 cm³/mol. The zero-order chi connectivity index (χ0) is 14.5. The molecular formula is C15H18N4OS. The van der Waals surface area contributed by atoms with Crippen LogP contribution in [0.1, 0.15) is 24.5 Å². The lowest BCUT2D eigenvalue weighted by Crippen LogP contribution is -2.24. The molecule has 0 radical (unpaired) electrons. The van der Waals surface area contributed by atoms with Gasteiger partial charge in [0.25, 0.3) is 0 Å². The number of hydrogen-bond donors (Lipinski definition) is 1. The van der Waals surface area contributed by atoms with E-state index in [9.17, 15) is 4.79 Å². The monoisotopic (exact) mass is 302 g/mol. The highest BCUT2D eigenvalue weighted by molar-refractivity contribution is 7.99. The summed E-state index contributed by atoms with van der Waals surface area (Å²) in [5.74, 6) is 2.76. The second kappa shape index (κ2) is 6.76. The summed E-state index contributed by atoms with van der Waals surface area (Å²) in [6.07, 6.45) is 2.63. The van der Waals surface area contributed by atoms with Gasteiger partial charge in [-0.05, 0) is 18.6 Å². The van der Waals surface area contributed by atoms with Crippen molar-refractivity contribution in [3.05, 3.63) is 42.0 Å². The predicted octanol–water partition coefficient (Wildman–Crippen LogP) is 2.02. The van der Waals surface area contributed by atoms with Gasteiger partial charge in [0.1, 0.15) is 5.82 Å². The summed E-state index contributed by atoms with van der Waals surface area (Å²) in [5, 5.41) is 11.2. The van der Waals surface area contributed by atoms with E-state index in [0.717, 1.165) is 36.8 Å². The quantitative estimate of drug-likeness (QED) is 0.829. The van der Waals surface area contributed by atoms with Crippen LogP contribution in [0.3, 0.4) is 0 Å². The van der Waals surface area contributed by atoms with Crippen molar-refractivity contribution in [1.82, 2.24) is 20.1 Å². The Morgan fingerprint density at radius 2 is 2.14 bits per heavy atom. The molecule has 1 aliphatic heterocycles. The van der Waals surface area contributed by atoms with E-state index in [1.165, 1.54) is 4.90 Å². The molecule has 5 nitrogen and oxygen atoms in total. The minimum Gasteiger partial charge on any atom is -0.349 e. The van der Waals surface area contributed by atoms with Gasteiger partial charge in [-0.15, -0.1) is 22.0 Å². The van der Waals surface area contributed by atoms with Crippen LogP contribution in [0.5, 0.6) is 0 Å². The van der Waals surface area contributed by atoms with E-state index in [-0.39, 0.29) is 5.91 Å². The minimum absolute atomic E-state index is 0.0637. The van der Waals surface area contributed by atoms with Crippen molar-refractivity contribution in [2.45, 2.75) is 37.2 Å². The molecule has 2 aromatic rings. The van der Waals surface area contributed by atoms with Crippen molar-refractivity contribution in [2.24, 2.45) is 0 Å². The van der Waals surface area contributed by atoms with Gasteiger partial charge in [0, 0.05) is 30.0 Å². The Morgan fingerprint density at radius 1 is 1.29 bits per heavy atom. The number of nitrogens with zero attached hydrogens (tertiary/aromatic N) is 3. The molecule has 1 amide bonds. The number of nitrogens with one attached hydrogen (secondary N) is 1. The van der Waals surface area contributed by atoms with Gasteiger partial charge >= 0.3 is 0 Å². The molecule has 0 atom stereocenters. The number of aryl methyl sites for hydroxylation is 1. The fraction of sp³-hybridized carbons (Fsp3) is 0.400. The Labute approximate surface area is 128 Å². The maximum absolute atomic E-state index is 11.8. The summed E-state index contributed by atoms with van der Waals surface area (Å²) < 4.78 is 2.11. The summed E-state index contributed by atoms with van der Waals surface area (Å²) in [4.78, 5) is 13.0. The molecule has 110 valence electrons. The zero-order valence-electron chi connectivity index (χ0n) is 11.8. The molecule has 0 saturated carbocycles. The van der Waals surface area contributed by atoms with Gasteiger partial charge in [-0.1, -0.05) is 18.2 Å². The van der Waals surface area contributed by atoms with E-state index in [1.807, 2.05) is 18.2 Å². The first kappa shape index (κ1) is 14.1. The van der Waals surface area contributed by atoms with Gasteiger partial charge in [-0.25, -0.2) is 0 Å². The van der Waals surface area contributed by atoms with E-state index in [0.29, 0.717) is 13.0 Å². The zero-order valence-corrected chi connectivity index (χ0v) is 12.6. The van der Waals surface area contributed by atoms with Crippen LogP contribution in [-0.2, 0) is 24.3 Å². The summed E-state index contributed by atoms with van der Waals surface area (Å²) in [5.41, 5.74) is 0. The van der Waals surface area contributed by atoms with E-state index >= 15 is 0 Å². The number of carbonyl (C=O) groups excluding carboxylic acids is 1. The van der Waals surface area contributed by atoms with Crippen LogP contribution >= 0.6 is 11.8 Å². The largest absolute Gasteiger partial charge is 0.349 e. The van der Waals surface area contributed by atoms with Crippen LogP contribution in [0.15, 0.2) is 35.2 Å². The summed E-state index contributed by atoms with van der Waals surface area (Å²) in [6.45, 7) is 1.44. The Kier molecular flexibility index (Phi) is 4.55. The fourth-order valence-corrected chi connectivity index (χ4v) is 3.26. The van der Waals surface area contributed by atoms with Crippen LogP contribution in [-0.4, -0.2) is 26.4 Å². The van der Waals surface area contributed by atoms with E-state index in [4.69, 9.17) is 0 Å². The van der Waals surface area contributed by atoms with Crippen LogP contribution in [0.25, 0.3) is 0 Å². The first-order chi connectivity index (χ1) is 10.3. The SMILES string of the molecule is O=C(CCSc1ccccc1)NCc1nnc2n1CCC2. The first-order valence-electron chi connectivity index (χ1n) is 7.18. The van der Waals surface area contributed by atoms with Crippen molar-refractivity contribution >= 4 is 17.7 Å². The summed E-state index contributed by atoms with van der Waals surface area (Å²) in [6, 6.07) is 10.1. The molecule has 0 unspecified atom stereocenters. The minimum atomic E-state index is 0.0637. The van der Waals surface area contributed by atoms with Crippen LogP contribution in [0, 0.1) is 0 Å². The average molecular weight is 302 g/mol. The highest BCUT2D eigenvalue weighted by atomic mass is 32.2. The van der Waals surface area contributed by atoms with Crippen molar-refractivity contribution in [3.8, 4) is 0 Å². The fourth-order valence-electron chi connectivity index (χ4n) is 2.39. The summed E-state index contributed by atoms with van der Waals surface area (Å²) in [7, 11) is 0. The number of benzene rings is 1. The number of aromatic nitrogens is 3. The standard InChI is InChI=1S/C15H18N4OS/c20-15(8-10-21-12-5-2-1-3-6-12)16-11-14-18-17-13-7-4-9-19(13)14/h1-3,5-6H,4,7-11H2,(H,16,20). The topological polar surface area (TPSA) is 59.8 Å².